The normalized spacial score (nSPS) is 19.8. The second-order valence-corrected chi connectivity index (χ2v) is 4.44. The van der Waals surface area contributed by atoms with Crippen molar-refractivity contribution in [1.82, 2.24) is 5.32 Å². The standard InChI is InChI=1S/C13H18N2O/c1-9-5-6-11(8-10(9)2)15-13(16)12-4-3-7-14-12/h5-6,8,12,14H,3-4,7H2,1-2H3,(H,15,16)/t12-/m1/s1. The lowest BCUT2D eigenvalue weighted by Gasteiger charge is -2.12. The van der Waals surface area contributed by atoms with Crippen LogP contribution in [0.15, 0.2) is 18.2 Å². The van der Waals surface area contributed by atoms with Gasteiger partial charge in [0.05, 0.1) is 6.04 Å². The Morgan fingerprint density at radius 2 is 2.19 bits per heavy atom. The maximum Gasteiger partial charge on any atom is 0.241 e. The molecule has 0 unspecified atom stereocenters. The van der Waals surface area contributed by atoms with Crippen molar-refractivity contribution < 1.29 is 4.79 Å². The van der Waals surface area contributed by atoms with Gasteiger partial charge in [0.2, 0.25) is 5.91 Å². The highest BCUT2D eigenvalue weighted by Gasteiger charge is 2.21. The topological polar surface area (TPSA) is 41.1 Å². The minimum absolute atomic E-state index is 0.0124. The maximum atomic E-state index is 11.8. The molecule has 16 heavy (non-hydrogen) atoms. The number of amides is 1. The molecule has 1 aromatic rings. The van der Waals surface area contributed by atoms with Crippen LogP contribution < -0.4 is 10.6 Å². The number of nitrogens with one attached hydrogen (secondary N) is 2. The second kappa shape index (κ2) is 4.66. The van der Waals surface area contributed by atoms with E-state index in [9.17, 15) is 4.79 Å². The highest BCUT2D eigenvalue weighted by molar-refractivity contribution is 5.95. The first-order valence-electron chi connectivity index (χ1n) is 5.78. The Morgan fingerprint density at radius 1 is 1.38 bits per heavy atom. The molecule has 86 valence electrons. The predicted octanol–water partition coefficient (Wildman–Crippen LogP) is 1.99. The molecule has 1 fully saturated rings. The van der Waals surface area contributed by atoms with Crippen LogP contribution in [0, 0.1) is 13.8 Å². The first-order chi connectivity index (χ1) is 7.66. The Bertz CT molecular complexity index is 395. The molecular formula is C13H18N2O. The summed E-state index contributed by atoms with van der Waals surface area (Å²) >= 11 is 0. The molecule has 2 N–H and O–H groups in total. The fourth-order valence-corrected chi connectivity index (χ4v) is 1.96. The molecule has 0 spiro atoms. The highest BCUT2D eigenvalue weighted by atomic mass is 16.2. The Hall–Kier alpha value is -1.35. The van der Waals surface area contributed by atoms with Crippen molar-refractivity contribution in [2.24, 2.45) is 0 Å². The van der Waals surface area contributed by atoms with E-state index < -0.39 is 0 Å². The van der Waals surface area contributed by atoms with Gasteiger partial charge < -0.3 is 10.6 Å². The molecule has 0 aliphatic carbocycles. The minimum Gasteiger partial charge on any atom is -0.325 e. The number of carbonyl (C=O) groups is 1. The van der Waals surface area contributed by atoms with Crippen molar-refractivity contribution in [2.45, 2.75) is 32.7 Å². The number of anilines is 1. The smallest absolute Gasteiger partial charge is 0.241 e. The molecule has 0 bridgehead atoms. The van der Waals surface area contributed by atoms with Crippen LogP contribution in [0.4, 0.5) is 5.69 Å². The molecule has 3 nitrogen and oxygen atoms in total. The molecule has 1 amide bonds. The van der Waals surface area contributed by atoms with Crippen LogP contribution in [-0.4, -0.2) is 18.5 Å². The lowest BCUT2D eigenvalue weighted by molar-refractivity contribution is -0.117. The summed E-state index contributed by atoms with van der Waals surface area (Å²) in [5, 5.41) is 6.14. The maximum absolute atomic E-state index is 11.8. The number of hydrogen-bond donors (Lipinski definition) is 2. The SMILES string of the molecule is Cc1ccc(NC(=O)[C@H]2CCCN2)cc1C. The van der Waals surface area contributed by atoms with E-state index in [4.69, 9.17) is 0 Å². The average Bonchev–Trinajstić information content (AvgIpc) is 2.77. The zero-order valence-corrected chi connectivity index (χ0v) is 9.84. The van der Waals surface area contributed by atoms with E-state index in [1.165, 1.54) is 11.1 Å². The van der Waals surface area contributed by atoms with E-state index in [2.05, 4.69) is 24.5 Å². The first kappa shape index (κ1) is 11.1. The summed E-state index contributed by atoms with van der Waals surface area (Å²) in [6, 6.07) is 5.99. The van der Waals surface area contributed by atoms with E-state index in [0.717, 1.165) is 25.1 Å². The molecule has 2 rings (SSSR count). The minimum atomic E-state index is -0.0124. The fraction of sp³-hybridized carbons (Fsp3) is 0.462. The van der Waals surface area contributed by atoms with Crippen molar-refractivity contribution in [3.05, 3.63) is 29.3 Å². The van der Waals surface area contributed by atoms with Gasteiger partial charge in [0.25, 0.3) is 0 Å². The molecule has 1 aliphatic heterocycles. The monoisotopic (exact) mass is 218 g/mol. The third kappa shape index (κ3) is 2.42. The first-order valence-corrected chi connectivity index (χ1v) is 5.78. The molecule has 1 aliphatic rings. The van der Waals surface area contributed by atoms with Gasteiger partial charge in [0, 0.05) is 5.69 Å². The summed E-state index contributed by atoms with van der Waals surface area (Å²) in [5.74, 6) is 0.0840. The van der Waals surface area contributed by atoms with E-state index in [-0.39, 0.29) is 11.9 Å². The van der Waals surface area contributed by atoms with Gasteiger partial charge >= 0.3 is 0 Å². The van der Waals surface area contributed by atoms with Gasteiger partial charge in [-0.15, -0.1) is 0 Å². The quantitative estimate of drug-likeness (QED) is 0.797. The van der Waals surface area contributed by atoms with Gasteiger partial charge in [-0.3, -0.25) is 4.79 Å². The number of carbonyl (C=O) groups excluding carboxylic acids is 1. The molecule has 1 atom stereocenters. The zero-order chi connectivity index (χ0) is 11.5. The Balaban J connectivity index is 2.02. The van der Waals surface area contributed by atoms with E-state index in [1.807, 2.05) is 18.2 Å². The van der Waals surface area contributed by atoms with Crippen LogP contribution in [-0.2, 0) is 4.79 Å². The lowest BCUT2D eigenvalue weighted by Crippen LogP contribution is -2.35. The summed E-state index contributed by atoms with van der Waals surface area (Å²) in [6.07, 6.45) is 2.03. The number of aryl methyl sites for hydroxylation is 2. The Labute approximate surface area is 96.2 Å². The molecule has 3 heteroatoms. The predicted molar refractivity (Wildman–Crippen MR) is 65.6 cm³/mol. The van der Waals surface area contributed by atoms with E-state index in [0.29, 0.717) is 0 Å². The summed E-state index contributed by atoms with van der Waals surface area (Å²) in [7, 11) is 0. The number of hydrogen-bond acceptors (Lipinski definition) is 2. The van der Waals surface area contributed by atoms with Crippen LogP contribution in [0.3, 0.4) is 0 Å². The third-order valence-corrected chi connectivity index (χ3v) is 3.15. The molecule has 0 radical (unpaired) electrons. The van der Waals surface area contributed by atoms with Gasteiger partial charge in [-0.2, -0.15) is 0 Å². The van der Waals surface area contributed by atoms with Crippen LogP contribution in [0.25, 0.3) is 0 Å². The van der Waals surface area contributed by atoms with Gasteiger partial charge in [-0.05, 0) is 56.5 Å². The van der Waals surface area contributed by atoms with Crippen LogP contribution in [0.1, 0.15) is 24.0 Å². The highest BCUT2D eigenvalue weighted by Crippen LogP contribution is 2.15. The van der Waals surface area contributed by atoms with Crippen molar-refractivity contribution in [3.8, 4) is 0 Å². The zero-order valence-electron chi connectivity index (χ0n) is 9.84. The molecular weight excluding hydrogens is 200 g/mol. The Morgan fingerprint density at radius 3 is 2.81 bits per heavy atom. The number of rotatable bonds is 2. The largest absolute Gasteiger partial charge is 0.325 e. The number of benzene rings is 1. The van der Waals surface area contributed by atoms with Gasteiger partial charge in [-0.1, -0.05) is 6.07 Å². The lowest BCUT2D eigenvalue weighted by atomic mass is 10.1. The van der Waals surface area contributed by atoms with Crippen molar-refractivity contribution >= 4 is 11.6 Å². The van der Waals surface area contributed by atoms with Crippen molar-refractivity contribution in [2.75, 3.05) is 11.9 Å². The summed E-state index contributed by atoms with van der Waals surface area (Å²) < 4.78 is 0. The van der Waals surface area contributed by atoms with Crippen molar-refractivity contribution in [3.63, 3.8) is 0 Å². The molecule has 0 aromatic heterocycles. The van der Waals surface area contributed by atoms with Gasteiger partial charge in [-0.25, -0.2) is 0 Å². The van der Waals surface area contributed by atoms with Gasteiger partial charge in [0.15, 0.2) is 0 Å². The van der Waals surface area contributed by atoms with Crippen molar-refractivity contribution in [1.29, 1.82) is 0 Å². The summed E-state index contributed by atoms with van der Waals surface area (Å²) in [6.45, 7) is 5.07. The van der Waals surface area contributed by atoms with E-state index in [1.54, 1.807) is 0 Å². The molecule has 1 heterocycles. The third-order valence-electron chi connectivity index (χ3n) is 3.15. The summed E-state index contributed by atoms with van der Waals surface area (Å²) in [5.41, 5.74) is 3.34. The molecule has 1 saturated heterocycles. The summed E-state index contributed by atoms with van der Waals surface area (Å²) in [4.78, 5) is 11.8. The average molecular weight is 218 g/mol. The van der Waals surface area contributed by atoms with Gasteiger partial charge in [0.1, 0.15) is 0 Å². The molecule has 0 saturated carbocycles. The van der Waals surface area contributed by atoms with Crippen LogP contribution in [0.2, 0.25) is 0 Å². The van der Waals surface area contributed by atoms with Crippen LogP contribution >= 0.6 is 0 Å². The fourth-order valence-electron chi connectivity index (χ4n) is 1.96. The molecule has 1 aromatic carbocycles. The van der Waals surface area contributed by atoms with E-state index >= 15 is 0 Å². The van der Waals surface area contributed by atoms with Crippen LogP contribution in [0.5, 0.6) is 0 Å². The second-order valence-electron chi connectivity index (χ2n) is 4.44. The Kier molecular flexibility index (Phi) is 3.25.